The largest absolute Gasteiger partial charge is 0.390 e. The van der Waals surface area contributed by atoms with E-state index in [-0.39, 0.29) is 6.61 Å². The van der Waals surface area contributed by atoms with E-state index in [0.29, 0.717) is 0 Å². The van der Waals surface area contributed by atoms with E-state index >= 15 is 0 Å². The fourth-order valence-corrected chi connectivity index (χ4v) is 1.38. The second-order valence-electron chi connectivity index (χ2n) is 3.28. The lowest BCUT2D eigenvalue weighted by Crippen LogP contribution is -1.84. The zero-order valence-corrected chi connectivity index (χ0v) is 7.99. The molecule has 72 valence electrons. The van der Waals surface area contributed by atoms with Crippen LogP contribution in [0.5, 0.6) is 0 Å². The molecule has 1 heterocycles. The minimum atomic E-state index is -0.00117. The highest BCUT2D eigenvalue weighted by Gasteiger charge is 2.02. The van der Waals surface area contributed by atoms with Crippen LogP contribution in [-0.2, 0) is 6.61 Å². The number of nitrogens with one attached hydrogen (secondary N) is 1. The molecule has 0 unspecified atom stereocenters. The number of H-pyrrole nitrogens is 1. The second kappa shape index (κ2) is 3.64. The molecular weight excluding hydrogens is 176 g/mol. The SMILES string of the molecule is Cc1cccc(-c2ncc(CO)[nH]2)c1. The third kappa shape index (κ3) is 1.67. The molecule has 0 amide bonds. The Labute approximate surface area is 82.4 Å². The average Bonchev–Trinajstić information content (AvgIpc) is 2.66. The van der Waals surface area contributed by atoms with Crippen LogP contribution in [0.1, 0.15) is 11.3 Å². The first-order valence-corrected chi connectivity index (χ1v) is 4.51. The van der Waals surface area contributed by atoms with Crippen molar-refractivity contribution in [3.63, 3.8) is 0 Å². The molecule has 2 N–H and O–H groups in total. The van der Waals surface area contributed by atoms with Crippen molar-refractivity contribution in [3.05, 3.63) is 41.7 Å². The minimum absolute atomic E-state index is 0.00117. The number of aryl methyl sites for hydroxylation is 1. The van der Waals surface area contributed by atoms with E-state index in [0.717, 1.165) is 17.1 Å². The number of nitrogens with zero attached hydrogens (tertiary/aromatic N) is 1. The van der Waals surface area contributed by atoms with E-state index in [9.17, 15) is 0 Å². The molecule has 0 spiro atoms. The zero-order valence-electron chi connectivity index (χ0n) is 7.99. The van der Waals surface area contributed by atoms with Crippen molar-refractivity contribution >= 4 is 0 Å². The van der Waals surface area contributed by atoms with Crippen LogP contribution in [0.25, 0.3) is 11.4 Å². The van der Waals surface area contributed by atoms with Crippen LogP contribution in [-0.4, -0.2) is 15.1 Å². The quantitative estimate of drug-likeness (QED) is 0.756. The summed E-state index contributed by atoms with van der Waals surface area (Å²) in [6.45, 7) is 2.04. The molecule has 0 saturated heterocycles. The molecule has 0 bridgehead atoms. The van der Waals surface area contributed by atoms with Crippen LogP contribution in [0.2, 0.25) is 0 Å². The number of aliphatic hydroxyl groups excluding tert-OH is 1. The smallest absolute Gasteiger partial charge is 0.137 e. The van der Waals surface area contributed by atoms with Gasteiger partial charge in [0.1, 0.15) is 5.82 Å². The summed E-state index contributed by atoms with van der Waals surface area (Å²) in [6, 6.07) is 8.08. The molecule has 0 atom stereocenters. The number of hydrogen-bond acceptors (Lipinski definition) is 2. The molecule has 0 aliphatic rings. The normalized spacial score (nSPS) is 10.4. The molecule has 0 fully saturated rings. The Morgan fingerprint density at radius 2 is 2.29 bits per heavy atom. The van der Waals surface area contributed by atoms with E-state index in [1.165, 1.54) is 5.56 Å². The predicted molar refractivity (Wildman–Crippen MR) is 54.7 cm³/mol. The average molecular weight is 188 g/mol. The number of aliphatic hydroxyl groups is 1. The van der Waals surface area contributed by atoms with Crippen LogP contribution in [0.3, 0.4) is 0 Å². The molecule has 1 aromatic carbocycles. The Morgan fingerprint density at radius 3 is 2.93 bits per heavy atom. The second-order valence-corrected chi connectivity index (χ2v) is 3.28. The Kier molecular flexibility index (Phi) is 2.33. The molecule has 3 nitrogen and oxygen atoms in total. The molecule has 0 radical (unpaired) electrons. The summed E-state index contributed by atoms with van der Waals surface area (Å²) in [5.74, 6) is 0.803. The van der Waals surface area contributed by atoms with Crippen LogP contribution in [0.4, 0.5) is 0 Å². The Morgan fingerprint density at radius 1 is 1.43 bits per heavy atom. The van der Waals surface area contributed by atoms with E-state index in [2.05, 4.69) is 16.0 Å². The van der Waals surface area contributed by atoms with Crippen molar-refractivity contribution in [2.75, 3.05) is 0 Å². The van der Waals surface area contributed by atoms with Crippen molar-refractivity contribution in [3.8, 4) is 11.4 Å². The summed E-state index contributed by atoms with van der Waals surface area (Å²) in [5, 5.41) is 8.88. The summed E-state index contributed by atoms with van der Waals surface area (Å²) in [4.78, 5) is 7.23. The van der Waals surface area contributed by atoms with Gasteiger partial charge in [-0.15, -0.1) is 0 Å². The van der Waals surface area contributed by atoms with Gasteiger partial charge in [0.05, 0.1) is 18.5 Å². The maximum Gasteiger partial charge on any atom is 0.137 e. The lowest BCUT2D eigenvalue weighted by molar-refractivity contribution is 0.277. The van der Waals surface area contributed by atoms with Gasteiger partial charge in [0.25, 0.3) is 0 Å². The van der Waals surface area contributed by atoms with E-state index in [4.69, 9.17) is 5.11 Å². The highest BCUT2D eigenvalue weighted by atomic mass is 16.3. The first kappa shape index (κ1) is 8.97. The van der Waals surface area contributed by atoms with E-state index < -0.39 is 0 Å². The van der Waals surface area contributed by atoms with Crippen molar-refractivity contribution in [2.24, 2.45) is 0 Å². The van der Waals surface area contributed by atoms with Gasteiger partial charge >= 0.3 is 0 Å². The third-order valence-corrected chi connectivity index (χ3v) is 2.09. The number of benzene rings is 1. The molecule has 0 saturated carbocycles. The monoisotopic (exact) mass is 188 g/mol. The van der Waals surface area contributed by atoms with Crippen molar-refractivity contribution in [1.82, 2.24) is 9.97 Å². The Hall–Kier alpha value is -1.61. The molecule has 3 heteroatoms. The van der Waals surface area contributed by atoms with Crippen LogP contribution in [0.15, 0.2) is 30.5 Å². The molecule has 1 aromatic heterocycles. The zero-order chi connectivity index (χ0) is 9.97. The van der Waals surface area contributed by atoms with Gasteiger partial charge in [0, 0.05) is 5.56 Å². The first-order chi connectivity index (χ1) is 6.79. The topological polar surface area (TPSA) is 48.9 Å². The maximum atomic E-state index is 8.88. The Bertz CT molecular complexity index is 434. The van der Waals surface area contributed by atoms with Gasteiger partial charge in [0.2, 0.25) is 0 Å². The highest BCUT2D eigenvalue weighted by Crippen LogP contribution is 2.16. The number of rotatable bonds is 2. The first-order valence-electron chi connectivity index (χ1n) is 4.51. The summed E-state index contributed by atoms with van der Waals surface area (Å²) in [6.07, 6.45) is 1.65. The number of aromatic amines is 1. The molecule has 0 aliphatic heterocycles. The maximum absolute atomic E-state index is 8.88. The summed E-state index contributed by atoms with van der Waals surface area (Å²) >= 11 is 0. The van der Waals surface area contributed by atoms with Gasteiger partial charge in [-0.1, -0.05) is 23.8 Å². The Balaban J connectivity index is 2.39. The fraction of sp³-hybridized carbons (Fsp3) is 0.182. The molecule has 14 heavy (non-hydrogen) atoms. The van der Waals surface area contributed by atoms with Gasteiger partial charge in [-0.25, -0.2) is 4.98 Å². The molecule has 0 aliphatic carbocycles. The van der Waals surface area contributed by atoms with E-state index in [1.54, 1.807) is 6.20 Å². The molecule has 2 aromatic rings. The van der Waals surface area contributed by atoms with Gasteiger partial charge < -0.3 is 10.1 Å². The summed E-state index contributed by atoms with van der Waals surface area (Å²) in [7, 11) is 0. The van der Waals surface area contributed by atoms with Crippen molar-refractivity contribution in [2.45, 2.75) is 13.5 Å². The minimum Gasteiger partial charge on any atom is -0.390 e. The van der Waals surface area contributed by atoms with Gasteiger partial charge in [-0.2, -0.15) is 0 Å². The lowest BCUT2D eigenvalue weighted by Gasteiger charge is -1.97. The summed E-state index contributed by atoms with van der Waals surface area (Å²) in [5.41, 5.74) is 2.98. The fourth-order valence-electron chi connectivity index (χ4n) is 1.38. The van der Waals surface area contributed by atoms with Crippen LogP contribution >= 0.6 is 0 Å². The molecular formula is C11H12N2O. The van der Waals surface area contributed by atoms with Gasteiger partial charge in [0.15, 0.2) is 0 Å². The summed E-state index contributed by atoms with van der Waals surface area (Å²) < 4.78 is 0. The number of aromatic nitrogens is 2. The van der Waals surface area contributed by atoms with E-state index in [1.807, 2.05) is 25.1 Å². The van der Waals surface area contributed by atoms with Crippen molar-refractivity contribution < 1.29 is 5.11 Å². The molecule has 2 rings (SSSR count). The highest BCUT2D eigenvalue weighted by molar-refractivity contribution is 5.56. The standard InChI is InChI=1S/C11H12N2O/c1-8-3-2-4-9(5-8)11-12-6-10(7-14)13-11/h2-6,14H,7H2,1H3,(H,12,13). The van der Waals surface area contributed by atoms with Crippen molar-refractivity contribution in [1.29, 1.82) is 0 Å². The van der Waals surface area contributed by atoms with Gasteiger partial charge in [-0.05, 0) is 13.0 Å². The number of imidazole rings is 1. The number of hydrogen-bond donors (Lipinski definition) is 2. The van der Waals surface area contributed by atoms with Crippen LogP contribution < -0.4 is 0 Å². The third-order valence-electron chi connectivity index (χ3n) is 2.09. The van der Waals surface area contributed by atoms with Crippen LogP contribution in [0, 0.1) is 6.92 Å². The predicted octanol–water partition coefficient (Wildman–Crippen LogP) is 1.88. The van der Waals surface area contributed by atoms with Gasteiger partial charge in [-0.3, -0.25) is 0 Å². The lowest BCUT2D eigenvalue weighted by atomic mass is 10.1.